The fourth-order valence-electron chi connectivity index (χ4n) is 1.99. The average molecular weight is 244 g/mol. The molecule has 1 heterocycles. The molecule has 0 amide bonds. The van der Waals surface area contributed by atoms with Crippen molar-refractivity contribution < 1.29 is 9.90 Å². The van der Waals surface area contributed by atoms with Crippen LogP contribution in [0.25, 0.3) is 17.1 Å². The Kier molecular flexibility index (Phi) is 3.46. The van der Waals surface area contributed by atoms with Gasteiger partial charge in [0.1, 0.15) is 5.82 Å². The molecule has 0 aliphatic rings. The van der Waals surface area contributed by atoms with E-state index in [4.69, 9.17) is 5.11 Å². The number of carboxylic acids is 1. The van der Waals surface area contributed by atoms with E-state index in [0.29, 0.717) is 0 Å². The molecule has 94 valence electrons. The number of aliphatic carboxylic acids is 1. The summed E-state index contributed by atoms with van der Waals surface area (Å²) in [5, 5.41) is 8.60. The van der Waals surface area contributed by atoms with E-state index in [1.54, 1.807) is 6.08 Å². The Morgan fingerprint density at radius 2 is 2.28 bits per heavy atom. The second-order valence-electron chi connectivity index (χ2n) is 4.26. The quantitative estimate of drug-likeness (QED) is 0.841. The Balaban J connectivity index is 2.42. The van der Waals surface area contributed by atoms with Gasteiger partial charge in [-0.2, -0.15) is 0 Å². The molecular formula is C14H16N2O2. The second-order valence-corrected chi connectivity index (χ2v) is 4.26. The summed E-state index contributed by atoms with van der Waals surface area (Å²) < 4.78 is 2.09. The van der Waals surface area contributed by atoms with Gasteiger partial charge in [-0.05, 0) is 30.2 Å². The van der Waals surface area contributed by atoms with Gasteiger partial charge in [0.05, 0.1) is 11.0 Å². The molecule has 0 aliphatic heterocycles. The van der Waals surface area contributed by atoms with Gasteiger partial charge >= 0.3 is 5.97 Å². The van der Waals surface area contributed by atoms with Crippen LogP contribution in [-0.2, 0) is 18.3 Å². The molecule has 18 heavy (non-hydrogen) atoms. The van der Waals surface area contributed by atoms with Crippen molar-refractivity contribution in [3.63, 3.8) is 0 Å². The van der Waals surface area contributed by atoms with Crippen LogP contribution >= 0.6 is 0 Å². The van der Waals surface area contributed by atoms with E-state index in [-0.39, 0.29) is 0 Å². The number of aromatic nitrogens is 2. The summed E-state index contributed by atoms with van der Waals surface area (Å²) in [6.45, 7) is 2.13. The molecule has 1 aromatic heterocycles. The van der Waals surface area contributed by atoms with E-state index in [2.05, 4.69) is 16.5 Å². The van der Waals surface area contributed by atoms with E-state index in [1.807, 2.05) is 25.2 Å². The Morgan fingerprint density at radius 3 is 2.94 bits per heavy atom. The predicted octanol–water partition coefficient (Wildman–Crippen LogP) is 2.62. The molecule has 0 atom stereocenters. The van der Waals surface area contributed by atoms with Gasteiger partial charge in [-0.25, -0.2) is 9.78 Å². The van der Waals surface area contributed by atoms with Crippen molar-refractivity contribution >= 4 is 23.1 Å². The fourth-order valence-corrected chi connectivity index (χ4v) is 1.99. The number of aryl methyl sites for hydroxylation is 2. The minimum Gasteiger partial charge on any atom is -0.478 e. The molecule has 0 spiro atoms. The Morgan fingerprint density at radius 1 is 1.50 bits per heavy atom. The van der Waals surface area contributed by atoms with Crippen molar-refractivity contribution in [2.24, 2.45) is 7.05 Å². The largest absolute Gasteiger partial charge is 0.478 e. The highest BCUT2D eigenvalue weighted by Crippen LogP contribution is 2.18. The summed E-state index contributed by atoms with van der Waals surface area (Å²) >= 11 is 0. The van der Waals surface area contributed by atoms with Crippen LogP contribution in [0.4, 0.5) is 0 Å². The average Bonchev–Trinajstić information content (AvgIpc) is 2.64. The van der Waals surface area contributed by atoms with Crippen LogP contribution in [0.2, 0.25) is 0 Å². The Bertz CT molecular complexity index is 612. The molecule has 0 fully saturated rings. The van der Waals surface area contributed by atoms with Crippen molar-refractivity contribution in [1.29, 1.82) is 0 Å². The number of benzene rings is 1. The SMILES string of the molecule is CCCc1nc2cc(/C=C/C(=O)O)ccc2n1C. The molecule has 1 N–H and O–H groups in total. The maximum absolute atomic E-state index is 10.5. The predicted molar refractivity (Wildman–Crippen MR) is 71.4 cm³/mol. The summed E-state index contributed by atoms with van der Waals surface area (Å²) in [4.78, 5) is 15.0. The first-order chi connectivity index (χ1) is 8.61. The van der Waals surface area contributed by atoms with Gasteiger partial charge < -0.3 is 9.67 Å². The van der Waals surface area contributed by atoms with Crippen LogP contribution in [0.1, 0.15) is 24.7 Å². The molecule has 4 heteroatoms. The second kappa shape index (κ2) is 5.04. The van der Waals surface area contributed by atoms with E-state index in [0.717, 1.165) is 41.3 Å². The van der Waals surface area contributed by atoms with Crippen molar-refractivity contribution in [1.82, 2.24) is 9.55 Å². The van der Waals surface area contributed by atoms with Crippen LogP contribution < -0.4 is 0 Å². The van der Waals surface area contributed by atoms with E-state index in [9.17, 15) is 4.79 Å². The van der Waals surface area contributed by atoms with Crippen molar-refractivity contribution in [3.8, 4) is 0 Å². The summed E-state index contributed by atoms with van der Waals surface area (Å²) in [5.74, 6) is 0.120. The lowest BCUT2D eigenvalue weighted by Gasteiger charge is -1.99. The highest BCUT2D eigenvalue weighted by atomic mass is 16.4. The molecule has 2 rings (SSSR count). The van der Waals surface area contributed by atoms with E-state index >= 15 is 0 Å². The van der Waals surface area contributed by atoms with Crippen LogP contribution in [0, 0.1) is 0 Å². The normalized spacial score (nSPS) is 11.4. The fraction of sp³-hybridized carbons (Fsp3) is 0.286. The number of hydrogen-bond acceptors (Lipinski definition) is 2. The number of hydrogen-bond donors (Lipinski definition) is 1. The minimum atomic E-state index is -0.942. The van der Waals surface area contributed by atoms with Crippen LogP contribution in [0.5, 0.6) is 0 Å². The molecule has 1 aromatic carbocycles. The lowest BCUT2D eigenvalue weighted by molar-refractivity contribution is -0.131. The molecule has 0 bridgehead atoms. The number of rotatable bonds is 4. The standard InChI is InChI=1S/C14H16N2O2/c1-3-4-13-15-11-9-10(6-8-14(17)18)5-7-12(11)16(13)2/h5-9H,3-4H2,1-2H3,(H,17,18)/b8-6+. The van der Waals surface area contributed by atoms with Gasteiger partial charge in [0.2, 0.25) is 0 Å². The summed E-state index contributed by atoms with van der Waals surface area (Å²) in [6.07, 6.45) is 4.72. The van der Waals surface area contributed by atoms with Gasteiger partial charge in [0, 0.05) is 19.5 Å². The maximum atomic E-state index is 10.5. The van der Waals surface area contributed by atoms with Gasteiger partial charge in [0.15, 0.2) is 0 Å². The van der Waals surface area contributed by atoms with Gasteiger partial charge in [-0.1, -0.05) is 13.0 Å². The third kappa shape index (κ3) is 2.42. The number of nitrogens with zero attached hydrogens (tertiary/aromatic N) is 2. The van der Waals surface area contributed by atoms with Gasteiger partial charge in [0.25, 0.3) is 0 Å². The zero-order valence-corrected chi connectivity index (χ0v) is 10.6. The number of carboxylic acid groups (broad SMARTS) is 1. The molecule has 0 unspecified atom stereocenters. The molecule has 0 aliphatic carbocycles. The zero-order chi connectivity index (χ0) is 13.1. The van der Waals surface area contributed by atoms with Crippen LogP contribution in [-0.4, -0.2) is 20.6 Å². The maximum Gasteiger partial charge on any atom is 0.328 e. The number of imidazole rings is 1. The van der Waals surface area contributed by atoms with E-state index in [1.165, 1.54) is 0 Å². The third-order valence-corrected chi connectivity index (χ3v) is 2.89. The van der Waals surface area contributed by atoms with Crippen LogP contribution in [0.15, 0.2) is 24.3 Å². The van der Waals surface area contributed by atoms with Crippen LogP contribution in [0.3, 0.4) is 0 Å². The third-order valence-electron chi connectivity index (χ3n) is 2.89. The lowest BCUT2D eigenvalue weighted by Crippen LogP contribution is -1.96. The van der Waals surface area contributed by atoms with Crippen molar-refractivity contribution in [3.05, 3.63) is 35.7 Å². The first-order valence-corrected chi connectivity index (χ1v) is 5.98. The first-order valence-electron chi connectivity index (χ1n) is 5.98. The molecule has 0 saturated heterocycles. The van der Waals surface area contributed by atoms with Gasteiger partial charge in [-0.15, -0.1) is 0 Å². The Hall–Kier alpha value is -2.10. The van der Waals surface area contributed by atoms with E-state index < -0.39 is 5.97 Å². The highest BCUT2D eigenvalue weighted by Gasteiger charge is 2.06. The monoisotopic (exact) mass is 244 g/mol. The molecule has 2 aromatic rings. The highest BCUT2D eigenvalue weighted by molar-refractivity contribution is 5.87. The smallest absolute Gasteiger partial charge is 0.328 e. The minimum absolute atomic E-state index is 0.853. The molecule has 0 saturated carbocycles. The number of fused-ring (bicyclic) bond motifs is 1. The summed E-state index contributed by atoms with van der Waals surface area (Å²) in [5.41, 5.74) is 2.84. The molecule has 0 radical (unpaired) electrons. The topological polar surface area (TPSA) is 55.1 Å². The zero-order valence-electron chi connectivity index (χ0n) is 10.6. The molecule has 4 nitrogen and oxygen atoms in total. The van der Waals surface area contributed by atoms with Gasteiger partial charge in [-0.3, -0.25) is 0 Å². The van der Waals surface area contributed by atoms with Crippen molar-refractivity contribution in [2.45, 2.75) is 19.8 Å². The number of carbonyl (C=O) groups is 1. The van der Waals surface area contributed by atoms with Crippen molar-refractivity contribution in [2.75, 3.05) is 0 Å². The first kappa shape index (κ1) is 12.4. The summed E-state index contributed by atoms with van der Waals surface area (Å²) in [7, 11) is 2.01. The lowest BCUT2D eigenvalue weighted by atomic mass is 10.2. The molecular weight excluding hydrogens is 228 g/mol. The summed E-state index contributed by atoms with van der Waals surface area (Å²) in [6, 6.07) is 5.79. The Labute approximate surface area is 106 Å².